The van der Waals surface area contributed by atoms with Gasteiger partial charge in [0, 0.05) is 23.3 Å². The topological polar surface area (TPSA) is 84.8 Å². The minimum absolute atomic E-state index is 0.153. The molecule has 0 spiro atoms. The summed E-state index contributed by atoms with van der Waals surface area (Å²) in [7, 11) is 4.74. The Morgan fingerprint density at radius 3 is 2.27 bits per heavy atom. The van der Waals surface area contributed by atoms with Gasteiger partial charge in [0.25, 0.3) is 0 Å². The Kier molecular flexibility index (Phi) is 5.31. The second-order valence-electron chi connectivity index (χ2n) is 8.69. The van der Waals surface area contributed by atoms with E-state index in [0.29, 0.717) is 35.4 Å². The van der Waals surface area contributed by atoms with E-state index in [1.807, 2.05) is 38.1 Å². The van der Waals surface area contributed by atoms with Crippen molar-refractivity contribution < 1.29 is 33.3 Å². The van der Waals surface area contributed by atoms with Gasteiger partial charge in [-0.05, 0) is 35.4 Å². The third kappa shape index (κ3) is 3.27. The Morgan fingerprint density at radius 2 is 1.67 bits per heavy atom. The fourth-order valence-corrected chi connectivity index (χ4v) is 5.13. The van der Waals surface area contributed by atoms with Crippen LogP contribution in [0.4, 0.5) is 0 Å². The molecule has 8 nitrogen and oxygen atoms in total. The van der Waals surface area contributed by atoms with Gasteiger partial charge in [-0.25, -0.2) is 0 Å². The number of ketones is 1. The first-order valence-corrected chi connectivity index (χ1v) is 11.0. The molecule has 0 amide bonds. The zero-order chi connectivity index (χ0) is 23.3. The van der Waals surface area contributed by atoms with Gasteiger partial charge in [-0.2, -0.15) is 0 Å². The standard InChI is InChI=1S/C25H27NO7/c1-12(2)24(27)22-16-10-33-26-23(16)15-9-18-17(31-11-32-18)8-14(15)21(22)13-6-19(28-3)25(30-5)20(7-13)29-4/h6-9,12,16,21-22H,10-11H2,1-5H3. The number of Topliss-reactive ketones (excluding diaryl/α,β-unsaturated/α-hetero) is 1. The lowest BCUT2D eigenvalue weighted by Gasteiger charge is -2.38. The second-order valence-corrected chi connectivity index (χ2v) is 8.69. The molecule has 0 fully saturated rings. The van der Waals surface area contributed by atoms with Gasteiger partial charge >= 0.3 is 0 Å². The highest BCUT2D eigenvalue weighted by Gasteiger charge is 2.49. The van der Waals surface area contributed by atoms with E-state index >= 15 is 0 Å². The summed E-state index contributed by atoms with van der Waals surface area (Å²) in [5, 5.41) is 4.34. The maximum atomic E-state index is 13.6. The van der Waals surface area contributed by atoms with Crippen LogP contribution in [0.15, 0.2) is 29.4 Å². The molecule has 8 heteroatoms. The van der Waals surface area contributed by atoms with Crippen molar-refractivity contribution in [2.75, 3.05) is 34.7 Å². The molecular formula is C25H27NO7. The van der Waals surface area contributed by atoms with E-state index in [0.717, 1.165) is 22.4 Å². The first kappa shape index (κ1) is 21.4. The number of carbonyl (C=O) groups is 1. The summed E-state index contributed by atoms with van der Waals surface area (Å²) < 4.78 is 28.1. The van der Waals surface area contributed by atoms with Gasteiger partial charge < -0.3 is 28.5 Å². The van der Waals surface area contributed by atoms with Crippen LogP contribution in [-0.2, 0) is 9.63 Å². The van der Waals surface area contributed by atoms with Crippen molar-refractivity contribution in [2.24, 2.45) is 22.9 Å². The van der Waals surface area contributed by atoms with Gasteiger partial charge in [0.05, 0.1) is 33.0 Å². The summed E-state index contributed by atoms with van der Waals surface area (Å²) in [5.74, 6) is 2.06. The number of rotatable bonds is 6. The van der Waals surface area contributed by atoms with E-state index in [1.165, 1.54) is 0 Å². The van der Waals surface area contributed by atoms with E-state index in [2.05, 4.69) is 5.16 Å². The molecule has 174 valence electrons. The Bertz CT molecular complexity index is 1110. The van der Waals surface area contributed by atoms with Gasteiger partial charge in [-0.1, -0.05) is 19.0 Å². The summed E-state index contributed by atoms with van der Waals surface area (Å²) in [4.78, 5) is 19.2. The number of benzene rings is 2. The predicted molar refractivity (Wildman–Crippen MR) is 120 cm³/mol. The molecule has 2 heterocycles. The van der Waals surface area contributed by atoms with Crippen LogP contribution in [0.1, 0.15) is 36.5 Å². The van der Waals surface area contributed by atoms with Crippen molar-refractivity contribution in [3.8, 4) is 28.7 Å². The van der Waals surface area contributed by atoms with Crippen molar-refractivity contribution >= 4 is 11.5 Å². The van der Waals surface area contributed by atoms with Gasteiger partial charge in [-0.3, -0.25) is 4.79 Å². The first-order valence-electron chi connectivity index (χ1n) is 11.0. The zero-order valence-electron chi connectivity index (χ0n) is 19.3. The monoisotopic (exact) mass is 453 g/mol. The second kappa shape index (κ2) is 8.17. The average Bonchev–Trinajstić information content (AvgIpc) is 3.49. The molecule has 3 atom stereocenters. The van der Waals surface area contributed by atoms with Crippen molar-refractivity contribution in [2.45, 2.75) is 19.8 Å². The lowest BCUT2D eigenvalue weighted by molar-refractivity contribution is -0.127. The van der Waals surface area contributed by atoms with E-state index in [-0.39, 0.29) is 36.2 Å². The highest BCUT2D eigenvalue weighted by atomic mass is 16.7. The molecule has 0 bridgehead atoms. The third-order valence-electron chi connectivity index (χ3n) is 6.66. The predicted octanol–water partition coefficient (Wildman–Crippen LogP) is 3.78. The number of hydrogen-bond acceptors (Lipinski definition) is 8. The van der Waals surface area contributed by atoms with Crippen molar-refractivity contribution in [1.82, 2.24) is 0 Å². The molecule has 0 saturated carbocycles. The molecule has 0 N–H and O–H groups in total. The van der Waals surface area contributed by atoms with Crippen LogP contribution in [0.25, 0.3) is 0 Å². The smallest absolute Gasteiger partial charge is 0.231 e. The van der Waals surface area contributed by atoms with Crippen molar-refractivity contribution in [3.63, 3.8) is 0 Å². The Balaban J connectivity index is 1.78. The summed E-state index contributed by atoms with van der Waals surface area (Å²) in [6.45, 7) is 4.37. The molecule has 3 aliphatic rings. The number of fused-ring (bicyclic) bond motifs is 4. The highest BCUT2D eigenvalue weighted by molar-refractivity contribution is 6.09. The first-order chi connectivity index (χ1) is 16.0. The normalized spacial score (nSPS) is 22.2. The third-order valence-corrected chi connectivity index (χ3v) is 6.66. The SMILES string of the molecule is COc1cc(C2c3cc4c(cc3C3=NOCC3C2C(=O)C(C)C)OCO4)cc(OC)c1OC. The molecule has 2 aromatic rings. The van der Waals surface area contributed by atoms with Crippen molar-refractivity contribution in [1.29, 1.82) is 0 Å². The quantitative estimate of drug-likeness (QED) is 0.658. The molecule has 0 saturated heterocycles. The molecule has 2 aromatic carbocycles. The fraction of sp³-hybridized carbons (Fsp3) is 0.440. The summed E-state index contributed by atoms with van der Waals surface area (Å²) >= 11 is 0. The zero-order valence-corrected chi connectivity index (χ0v) is 19.3. The Morgan fingerprint density at radius 1 is 1.00 bits per heavy atom. The van der Waals surface area contributed by atoms with Gasteiger partial charge in [0.15, 0.2) is 23.0 Å². The molecule has 0 radical (unpaired) electrons. The largest absolute Gasteiger partial charge is 0.493 e. The molecule has 33 heavy (non-hydrogen) atoms. The number of nitrogens with zero attached hydrogens (tertiary/aromatic N) is 1. The number of carbonyl (C=O) groups excluding carboxylic acids is 1. The van der Waals surface area contributed by atoms with E-state index in [4.69, 9.17) is 28.5 Å². The van der Waals surface area contributed by atoms with E-state index in [9.17, 15) is 4.79 Å². The van der Waals surface area contributed by atoms with Crippen LogP contribution >= 0.6 is 0 Å². The maximum Gasteiger partial charge on any atom is 0.231 e. The minimum Gasteiger partial charge on any atom is -0.493 e. The number of methoxy groups -OCH3 is 3. The molecular weight excluding hydrogens is 426 g/mol. The van der Waals surface area contributed by atoms with Gasteiger partial charge in [-0.15, -0.1) is 0 Å². The van der Waals surface area contributed by atoms with Crippen LogP contribution < -0.4 is 23.7 Å². The Labute approximate surface area is 192 Å². The Hall–Kier alpha value is -3.42. The van der Waals surface area contributed by atoms with Gasteiger partial charge in [0.1, 0.15) is 12.4 Å². The van der Waals surface area contributed by atoms with Crippen LogP contribution in [0.3, 0.4) is 0 Å². The summed E-state index contributed by atoms with van der Waals surface area (Å²) in [5.41, 5.74) is 3.52. The van der Waals surface area contributed by atoms with Crippen molar-refractivity contribution in [3.05, 3.63) is 41.0 Å². The van der Waals surface area contributed by atoms with Crippen LogP contribution in [0.2, 0.25) is 0 Å². The lowest BCUT2D eigenvalue weighted by atomic mass is 9.63. The highest BCUT2D eigenvalue weighted by Crippen LogP contribution is 2.52. The van der Waals surface area contributed by atoms with Gasteiger partial charge in [0.2, 0.25) is 12.5 Å². The van der Waals surface area contributed by atoms with E-state index in [1.54, 1.807) is 21.3 Å². The van der Waals surface area contributed by atoms with E-state index < -0.39 is 0 Å². The molecule has 5 rings (SSSR count). The molecule has 0 aromatic heterocycles. The number of oxime groups is 1. The lowest BCUT2D eigenvalue weighted by Crippen LogP contribution is -2.41. The molecule has 3 unspecified atom stereocenters. The maximum absolute atomic E-state index is 13.6. The minimum atomic E-state index is -0.373. The van der Waals surface area contributed by atoms with Crippen LogP contribution in [0, 0.1) is 17.8 Å². The number of hydrogen-bond donors (Lipinski definition) is 0. The molecule has 1 aliphatic carbocycles. The van der Waals surface area contributed by atoms with Crippen LogP contribution in [0.5, 0.6) is 28.7 Å². The fourth-order valence-electron chi connectivity index (χ4n) is 5.13. The summed E-state index contributed by atoms with van der Waals surface area (Å²) in [6, 6.07) is 7.74. The average molecular weight is 453 g/mol. The molecule has 2 aliphatic heterocycles. The van der Waals surface area contributed by atoms with Crippen LogP contribution in [-0.4, -0.2) is 46.2 Å². The summed E-state index contributed by atoms with van der Waals surface area (Å²) in [6.07, 6.45) is 0. The number of ether oxygens (including phenoxy) is 5.